The van der Waals surface area contributed by atoms with Crippen LogP contribution in [0.5, 0.6) is 0 Å². The quantitative estimate of drug-likeness (QED) is 0.538. The average molecular weight is 410 g/mol. The fourth-order valence-electron chi connectivity index (χ4n) is 0.759. The largest absolute Gasteiger partial charge is 0.462 e. The van der Waals surface area contributed by atoms with E-state index in [1.165, 1.54) is 0 Å². The van der Waals surface area contributed by atoms with Crippen molar-refractivity contribution in [3.63, 3.8) is 0 Å². The molecule has 0 spiro atoms. The zero-order chi connectivity index (χ0) is 8.27. The summed E-state index contributed by atoms with van der Waals surface area (Å²) in [6.07, 6.45) is 5.40. The number of aliphatic imine (C=N–C) groups is 1. The topological polar surface area (TPSA) is 30.2 Å². The molecule has 0 bridgehead atoms. The van der Waals surface area contributed by atoms with E-state index < -0.39 is 0 Å². The fraction of sp³-hybridized carbons (Fsp3) is 0.250. The number of imidazole rings is 1. The SMILES string of the molecule is [CH-]=N/C(C)=C\n1ccnc1C.[Lr]. The van der Waals surface area contributed by atoms with E-state index in [1.807, 2.05) is 30.8 Å². The van der Waals surface area contributed by atoms with Gasteiger partial charge in [-0.15, -0.1) is 5.70 Å². The monoisotopic (exact) mass is 410 g/mol. The molecule has 0 aromatic carbocycles. The summed E-state index contributed by atoms with van der Waals surface area (Å²) in [5.74, 6) is 0.924. The molecule has 0 saturated heterocycles. The van der Waals surface area contributed by atoms with Crippen LogP contribution in [-0.2, 0) is 0 Å². The fourth-order valence-corrected chi connectivity index (χ4v) is 0.759. The first-order chi connectivity index (χ1) is 5.24. The number of aromatic nitrogens is 2. The maximum Gasteiger partial charge on any atom is 0.108 e. The smallest absolute Gasteiger partial charge is 0.108 e. The summed E-state index contributed by atoms with van der Waals surface area (Å²) in [6.45, 7) is 8.81. The molecule has 1 heterocycles. The Labute approximate surface area is 66.1 Å². The van der Waals surface area contributed by atoms with Crippen LogP contribution in [-0.4, -0.2) is 16.3 Å². The first-order valence-corrected chi connectivity index (χ1v) is 3.33. The van der Waals surface area contributed by atoms with Gasteiger partial charge in [0, 0.05) is 12.4 Å². The summed E-state index contributed by atoms with van der Waals surface area (Å²) in [7, 11) is 0. The van der Waals surface area contributed by atoms with Gasteiger partial charge >= 0.3 is 0 Å². The second kappa shape index (κ2) is 3.71. The predicted octanol–water partition coefficient (Wildman–Crippen LogP) is 1.59. The first-order valence-electron chi connectivity index (χ1n) is 3.33. The van der Waals surface area contributed by atoms with Crippen LogP contribution in [0.15, 0.2) is 23.1 Å². The first kappa shape index (κ1) is 9.62. The van der Waals surface area contributed by atoms with Crippen molar-refractivity contribution in [3.8, 4) is 0 Å². The van der Waals surface area contributed by atoms with Crippen molar-refractivity contribution in [3.05, 3.63) is 23.9 Å². The van der Waals surface area contributed by atoms with Crippen molar-refractivity contribution in [2.75, 3.05) is 0 Å². The average Bonchev–Trinajstić information content (AvgIpc) is 2.37. The Morgan fingerprint density at radius 1 is 1.75 bits per heavy atom. The van der Waals surface area contributed by atoms with Gasteiger partial charge < -0.3 is 9.56 Å². The molecule has 0 aliphatic heterocycles. The molecule has 73 valence electrons. The van der Waals surface area contributed by atoms with Crippen LogP contribution in [0.1, 0.15) is 12.7 Å². The molecule has 4 heteroatoms. The molecule has 0 saturated carbocycles. The van der Waals surface area contributed by atoms with E-state index >= 15 is 0 Å². The predicted molar refractivity (Wildman–Crippen MR) is 45.4 cm³/mol. The molecule has 0 fully saturated rings. The van der Waals surface area contributed by atoms with Crippen LogP contribution in [0.25, 0.3) is 6.20 Å². The normalized spacial score (nSPS) is 10.7. The van der Waals surface area contributed by atoms with Crippen molar-refractivity contribution in [2.24, 2.45) is 4.99 Å². The van der Waals surface area contributed by atoms with Gasteiger partial charge in [0.15, 0.2) is 0 Å². The van der Waals surface area contributed by atoms with Crippen LogP contribution < -0.4 is 0 Å². The number of aryl methyl sites for hydroxylation is 1. The minimum absolute atomic E-state index is 0. The van der Waals surface area contributed by atoms with Gasteiger partial charge in [-0.2, -0.15) is 6.72 Å². The zero-order valence-electron chi connectivity index (χ0n) is 6.91. The molecule has 0 aliphatic rings. The summed E-state index contributed by atoms with van der Waals surface area (Å²) in [5.41, 5.74) is 0.770. The summed E-state index contributed by atoms with van der Waals surface area (Å²) in [5, 5.41) is 0. The maximum atomic E-state index is 5.06. The second-order valence-electron chi connectivity index (χ2n) is 2.28. The minimum atomic E-state index is 0. The van der Waals surface area contributed by atoms with E-state index in [0.29, 0.717) is 0 Å². The van der Waals surface area contributed by atoms with Crippen molar-refractivity contribution in [2.45, 2.75) is 13.8 Å². The Morgan fingerprint density at radius 2 is 2.42 bits per heavy atom. The van der Waals surface area contributed by atoms with Crippen molar-refractivity contribution in [1.82, 2.24) is 9.55 Å². The summed E-state index contributed by atoms with van der Waals surface area (Å²) < 4.78 is 1.87. The molecule has 1 aromatic heterocycles. The molecule has 0 unspecified atom stereocenters. The Kier molecular flexibility index (Phi) is 2.97. The third-order valence-electron chi connectivity index (χ3n) is 1.39. The van der Waals surface area contributed by atoms with Gasteiger partial charge in [-0.05, 0) is 6.92 Å². The number of nitrogens with zero attached hydrogens (tertiary/aromatic N) is 3. The van der Waals surface area contributed by atoms with Gasteiger partial charge in [-0.25, -0.2) is 4.98 Å². The van der Waals surface area contributed by atoms with Gasteiger partial charge in [0.25, 0.3) is 0 Å². The molecule has 1 aromatic rings. The molecular weight excluding hydrogens is 400 g/mol. The van der Waals surface area contributed by atoms with Crippen LogP contribution in [0.4, 0.5) is 0 Å². The van der Waals surface area contributed by atoms with Crippen molar-refractivity contribution in [1.29, 1.82) is 0 Å². The van der Waals surface area contributed by atoms with E-state index in [2.05, 4.69) is 9.98 Å². The van der Waals surface area contributed by atoms with Gasteiger partial charge in [0.1, 0.15) is 5.82 Å². The minimum Gasteiger partial charge on any atom is -0.462 e. The molecule has 1 radical (unpaired) electrons. The summed E-state index contributed by atoms with van der Waals surface area (Å²) >= 11 is 0. The van der Waals surface area contributed by atoms with E-state index in [1.54, 1.807) is 6.20 Å². The van der Waals surface area contributed by atoms with E-state index in [-0.39, 0.29) is 0 Å². The van der Waals surface area contributed by atoms with E-state index in [4.69, 9.17) is 6.72 Å². The summed E-state index contributed by atoms with van der Waals surface area (Å²) in [4.78, 5) is 7.56. The van der Waals surface area contributed by atoms with E-state index in [0.717, 1.165) is 11.5 Å². The molecule has 1 rings (SSSR count). The van der Waals surface area contributed by atoms with Gasteiger partial charge in [0.2, 0.25) is 0 Å². The van der Waals surface area contributed by atoms with Crippen molar-refractivity contribution < 1.29 is 0 Å². The molecule has 0 atom stereocenters. The number of hydrogen-bond donors (Lipinski definition) is 0. The zero-order valence-corrected chi connectivity index (χ0v) is 9.06. The number of rotatable bonds is 2. The third kappa shape index (κ3) is 1.80. The Balaban J connectivity index is 0.00000121. The summed E-state index contributed by atoms with van der Waals surface area (Å²) in [6, 6.07) is 0. The third-order valence-corrected chi connectivity index (χ3v) is 1.39. The molecule has 0 N–H and O–H groups in total. The Bertz CT molecular complexity index is 288. The molecule has 3 nitrogen and oxygen atoms in total. The Hall–Kier alpha value is -2.38. The molecule has 0 aliphatic carbocycles. The molecular formula is C8H10LrN3-. The Morgan fingerprint density at radius 3 is 2.83 bits per heavy atom. The molecule has 12 heavy (non-hydrogen) atoms. The maximum absolute atomic E-state index is 5.06. The number of hydrogen-bond acceptors (Lipinski definition) is 2. The van der Waals surface area contributed by atoms with Crippen LogP contribution in [0.3, 0.4) is 0 Å². The van der Waals surface area contributed by atoms with Gasteiger partial charge in [-0.3, -0.25) is 0 Å². The van der Waals surface area contributed by atoms with Crippen LogP contribution >= 0.6 is 0 Å². The molecule has 0 amide bonds. The standard InChI is InChI=1S/C8H10N3.Lr/c1-7(9-3)6-11-5-4-10-8(11)2;/h3-6H,1-2H3;/q-1;/b7-6-;. The number of allylic oxidation sites excluding steroid dienone is 1. The second-order valence-corrected chi connectivity index (χ2v) is 2.28. The van der Waals surface area contributed by atoms with Crippen molar-refractivity contribution >= 4 is 12.9 Å². The van der Waals surface area contributed by atoms with Gasteiger partial charge in [0.05, 0.1) is 0 Å². The van der Waals surface area contributed by atoms with Gasteiger partial charge in [-0.1, -0.05) is 13.1 Å². The van der Waals surface area contributed by atoms with Crippen LogP contribution in [0, 0.1) is 6.92 Å². The van der Waals surface area contributed by atoms with Crippen LogP contribution in [0.2, 0.25) is 0 Å². The van der Waals surface area contributed by atoms with E-state index in [9.17, 15) is 0 Å².